The van der Waals surface area contributed by atoms with Crippen LogP contribution in [0.15, 0.2) is 23.9 Å². The fourth-order valence-electron chi connectivity index (χ4n) is 1.69. The monoisotopic (exact) mass is 121 g/mol. The van der Waals surface area contributed by atoms with Crippen LogP contribution in [0.5, 0.6) is 0 Å². The van der Waals surface area contributed by atoms with Gasteiger partial charge in [-0.05, 0) is 18.4 Å². The van der Waals surface area contributed by atoms with Gasteiger partial charge < -0.3 is 5.32 Å². The van der Waals surface area contributed by atoms with Crippen LogP contribution in [-0.2, 0) is 0 Å². The molecule has 1 aliphatic heterocycles. The first-order valence-corrected chi connectivity index (χ1v) is 3.51. The summed E-state index contributed by atoms with van der Waals surface area (Å²) in [7, 11) is 0. The van der Waals surface area contributed by atoms with E-state index < -0.39 is 0 Å². The molecule has 0 bridgehead atoms. The molecule has 48 valence electrons. The predicted octanol–water partition coefficient (Wildman–Crippen LogP) is 1.44. The van der Waals surface area contributed by atoms with Gasteiger partial charge in [0.1, 0.15) is 0 Å². The van der Waals surface area contributed by atoms with Crippen LogP contribution in [0.4, 0.5) is 0 Å². The molecule has 1 N–H and O–H groups in total. The van der Waals surface area contributed by atoms with Gasteiger partial charge in [-0.1, -0.05) is 12.7 Å². The zero-order chi connectivity index (χ0) is 6.27. The SMILES string of the molecule is C=C1NCC2CCC=C12. The third kappa shape index (κ3) is 0.607. The Bertz CT molecular complexity index is 179. The first kappa shape index (κ1) is 5.10. The molecule has 1 unspecified atom stereocenters. The highest BCUT2D eigenvalue weighted by molar-refractivity contribution is 5.36. The lowest BCUT2D eigenvalue weighted by Crippen LogP contribution is -2.06. The summed E-state index contributed by atoms with van der Waals surface area (Å²) in [5, 5.41) is 3.26. The van der Waals surface area contributed by atoms with E-state index in [9.17, 15) is 0 Å². The molecule has 0 spiro atoms. The summed E-state index contributed by atoms with van der Waals surface area (Å²) < 4.78 is 0. The largest absolute Gasteiger partial charge is 0.385 e. The number of hydrogen-bond acceptors (Lipinski definition) is 1. The van der Waals surface area contributed by atoms with Gasteiger partial charge in [0.2, 0.25) is 0 Å². The Morgan fingerprint density at radius 1 is 1.67 bits per heavy atom. The van der Waals surface area contributed by atoms with E-state index in [1.54, 1.807) is 0 Å². The summed E-state index contributed by atoms with van der Waals surface area (Å²) in [4.78, 5) is 0. The van der Waals surface area contributed by atoms with E-state index in [1.807, 2.05) is 0 Å². The number of allylic oxidation sites excluding steroid dienone is 2. The second-order valence-corrected chi connectivity index (χ2v) is 2.79. The Kier molecular flexibility index (Phi) is 0.922. The molecule has 1 atom stereocenters. The van der Waals surface area contributed by atoms with Crippen molar-refractivity contribution >= 4 is 0 Å². The molecule has 9 heavy (non-hydrogen) atoms. The second kappa shape index (κ2) is 1.63. The summed E-state index contributed by atoms with van der Waals surface area (Å²) in [5.41, 5.74) is 2.65. The van der Waals surface area contributed by atoms with Crippen LogP contribution in [0.3, 0.4) is 0 Å². The Balaban J connectivity index is 2.32. The smallest absolute Gasteiger partial charge is 0.0300 e. The van der Waals surface area contributed by atoms with E-state index in [2.05, 4.69) is 18.0 Å². The number of nitrogens with one attached hydrogen (secondary N) is 1. The van der Waals surface area contributed by atoms with E-state index in [0.717, 1.165) is 18.2 Å². The molecule has 0 aromatic rings. The molecule has 1 heterocycles. The molecular weight excluding hydrogens is 110 g/mol. The maximum atomic E-state index is 3.92. The highest BCUT2D eigenvalue weighted by atomic mass is 14.9. The van der Waals surface area contributed by atoms with Crippen molar-refractivity contribution in [2.45, 2.75) is 12.8 Å². The maximum Gasteiger partial charge on any atom is 0.0300 e. The molecule has 2 aliphatic rings. The fraction of sp³-hybridized carbons (Fsp3) is 0.500. The van der Waals surface area contributed by atoms with Crippen molar-refractivity contribution < 1.29 is 0 Å². The van der Waals surface area contributed by atoms with E-state index in [0.29, 0.717) is 0 Å². The average Bonchev–Trinajstić information content (AvgIpc) is 2.35. The van der Waals surface area contributed by atoms with E-state index in [1.165, 1.54) is 18.4 Å². The lowest BCUT2D eigenvalue weighted by molar-refractivity contribution is 0.635. The van der Waals surface area contributed by atoms with Crippen LogP contribution in [0.2, 0.25) is 0 Å². The first-order chi connectivity index (χ1) is 4.38. The lowest BCUT2D eigenvalue weighted by atomic mass is 10.1. The minimum atomic E-state index is 0.803. The van der Waals surface area contributed by atoms with Gasteiger partial charge in [0, 0.05) is 18.2 Å². The van der Waals surface area contributed by atoms with Crippen LogP contribution < -0.4 is 5.32 Å². The Morgan fingerprint density at radius 2 is 2.56 bits per heavy atom. The zero-order valence-electron chi connectivity index (χ0n) is 5.48. The molecule has 0 aromatic carbocycles. The molecule has 1 saturated heterocycles. The summed E-state index contributed by atoms with van der Waals surface area (Å²) in [6.45, 7) is 5.05. The van der Waals surface area contributed by atoms with Crippen LogP contribution in [0.25, 0.3) is 0 Å². The Morgan fingerprint density at radius 3 is 3.33 bits per heavy atom. The molecule has 0 aromatic heterocycles. The van der Waals surface area contributed by atoms with Crippen molar-refractivity contribution in [3.63, 3.8) is 0 Å². The molecule has 2 rings (SSSR count). The molecule has 1 nitrogen and oxygen atoms in total. The maximum absolute atomic E-state index is 3.92. The van der Waals surface area contributed by atoms with Gasteiger partial charge in [0.15, 0.2) is 0 Å². The number of fused-ring (bicyclic) bond motifs is 1. The van der Waals surface area contributed by atoms with Crippen LogP contribution >= 0.6 is 0 Å². The Hall–Kier alpha value is -0.720. The molecule has 0 saturated carbocycles. The minimum absolute atomic E-state index is 0.803. The van der Waals surface area contributed by atoms with Crippen molar-refractivity contribution in [2.75, 3.05) is 6.54 Å². The van der Waals surface area contributed by atoms with Gasteiger partial charge in [0.05, 0.1) is 0 Å². The van der Waals surface area contributed by atoms with Gasteiger partial charge in [-0.3, -0.25) is 0 Å². The van der Waals surface area contributed by atoms with E-state index in [-0.39, 0.29) is 0 Å². The standard InChI is InChI=1S/C8H11N/c1-6-8-4-2-3-7(8)5-9-6/h4,7,9H,1-3,5H2. The molecule has 0 amide bonds. The van der Waals surface area contributed by atoms with Crippen molar-refractivity contribution in [1.29, 1.82) is 0 Å². The number of hydrogen-bond donors (Lipinski definition) is 1. The van der Waals surface area contributed by atoms with Crippen LogP contribution in [0.1, 0.15) is 12.8 Å². The number of rotatable bonds is 0. The quantitative estimate of drug-likeness (QED) is 0.511. The zero-order valence-corrected chi connectivity index (χ0v) is 5.48. The van der Waals surface area contributed by atoms with Crippen LogP contribution in [0, 0.1) is 5.92 Å². The van der Waals surface area contributed by atoms with Crippen molar-refractivity contribution in [2.24, 2.45) is 5.92 Å². The van der Waals surface area contributed by atoms with Crippen LogP contribution in [-0.4, -0.2) is 6.54 Å². The van der Waals surface area contributed by atoms with Gasteiger partial charge in [-0.2, -0.15) is 0 Å². The van der Waals surface area contributed by atoms with E-state index in [4.69, 9.17) is 0 Å². The predicted molar refractivity (Wildman–Crippen MR) is 37.9 cm³/mol. The first-order valence-electron chi connectivity index (χ1n) is 3.51. The molecule has 0 radical (unpaired) electrons. The van der Waals surface area contributed by atoms with Gasteiger partial charge in [-0.15, -0.1) is 0 Å². The van der Waals surface area contributed by atoms with Crippen molar-refractivity contribution in [3.05, 3.63) is 23.9 Å². The summed E-state index contributed by atoms with van der Waals surface area (Å²) in [5.74, 6) is 0.803. The topological polar surface area (TPSA) is 12.0 Å². The van der Waals surface area contributed by atoms with Gasteiger partial charge >= 0.3 is 0 Å². The summed E-state index contributed by atoms with van der Waals surface area (Å²) in [6.07, 6.45) is 4.91. The van der Waals surface area contributed by atoms with Gasteiger partial charge in [0.25, 0.3) is 0 Å². The van der Waals surface area contributed by atoms with E-state index >= 15 is 0 Å². The molecule has 1 aliphatic carbocycles. The van der Waals surface area contributed by atoms with Crippen molar-refractivity contribution in [3.8, 4) is 0 Å². The third-order valence-electron chi connectivity index (χ3n) is 2.23. The third-order valence-corrected chi connectivity index (χ3v) is 2.23. The Labute approximate surface area is 55.5 Å². The molecule has 1 fully saturated rings. The highest BCUT2D eigenvalue weighted by Gasteiger charge is 2.26. The normalized spacial score (nSPS) is 31.8. The second-order valence-electron chi connectivity index (χ2n) is 2.79. The minimum Gasteiger partial charge on any atom is -0.385 e. The lowest BCUT2D eigenvalue weighted by Gasteiger charge is -1.97. The van der Waals surface area contributed by atoms with Crippen molar-refractivity contribution in [1.82, 2.24) is 5.32 Å². The highest BCUT2D eigenvalue weighted by Crippen LogP contribution is 2.33. The fourth-order valence-corrected chi connectivity index (χ4v) is 1.69. The average molecular weight is 121 g/mol. The summed E-state index contributed by atoms with van der Waals surface area (Å²) in [6, 6.07) is 0. The van der Waals surface area contributed by atoms with Gasteiger partial charge in [-0.25, -0.2) is 0 Å². The summed E-state index contributed by atoms with van der Waals surface area (Å²) >= 11 is 0. The molecule has 1 heteroatoms. The molecular formula is C8H11N.